The number of rotatable bonds is 4. The molecule has 0 spiro atoms. The van der Waals surface area contributed by atoms with Crippen LogP contribution in [0.2, 0.25) is 0 Å². The molecule has 0 radical (unpaired) electrons. The first-order valence-corrected chi connectivity index (χ1v) is 5.73. The van der Waals surface area contributed by atoms with Crippen molar-refractivity contribution in [2.75, 3.05) is 0 Å². The van der Waals surface area contributed by atoms with Gasteiger partial charge in [0.25, 0.3) is 0 Å². The monoisotopic (exact) mass is 275 g/mol. The van der Waals surface area contributed by atoms with E-state index in [2.05, 4.69) is 0 Å². The minimum absolute atomic E-state index is 0.375. The van der Waals surface area contributed by atoms with Gasteiger partial charge < -0.3 is 20.4 Å². The van der Waals surface area contributed by atoms with Gasteiger partial charge in [-0.25, -0.2) is 0 Å². The summed E-state index contributed by atoms with van der Waals surface area (Å²) in [5.41, 5.74) is 0. The quantitative estimate of drug-likeness (QED) is 0.585. The maximum absolute atomic E-state index is 8.56. The zero-order valence-corrected chi connectivity index (χ0v) is 11.8. The Morgan fingerprint density at radius 3 is 0.812 bits per heavy atom. The zero-order chi connectivity index (χ0) is 13.7. The molecule has 0 bridgehead atoms. The fourth-order valence-electron chi connectivity index (χ4n) is 0.987. The van der Waals surface area contributed by atoms with Crippen molar-refractivity contribution in [1.82, 2.24) is 0 Å². The second-order valence-corrected chi connectivity index (χ2v) is 3.87. The Kier molecular flexibility index (Phi) is 20.5. The number of hydrogen-bond acceptors (Lipinski definition) is 5. The van der Waals surface area contributed by atoms with Crippen molar-refractivity contribution in [1.29, 1.82) is 0 Å². The van der Waals surface area contributed by atoms with Crippen LogP contribution in [-0.2, 0) is 21.0 Å². The van der Waals surface area contributed by atoms with Crippen molar-refractivity contribution in [3.05, 3.63) is 0 Å². The van der Waals surface area contributed by atoms with Crippen LogP contribution in [0.15, 0.2) is 0 Å². The van der Waals surface area contributed by atoms with Gasteiger partial charge in [0, 0.05) is 0 Å². The van der Waals surface area contributed by atoms with Crippen molar-refractivity contribution < 1.29 is 41.5 Å². The molecule has 0 heterocycles. The van der Waals surface area contributed by atoms with Gasteiger partial charge in [-0.15, -0.1) is 0 Å². The van der Waals surface area contributed by atoms with Gasteiger partial charge in [-0.3, -0.25) is 0 Å². The molecule has 0 aliphatic carbocycles. The summed E-state index contributed by atoms with van der Waals surface area (Å²) in [7, 11) is 0. The summed E-state index contributed by atoms with van der Waals surface area (Å²) in [6, 6.07) is 0. The fraction of sp³-hybridized carbons (Fsp3) is 1.00. The first-order chi connectivity index (χ1) is 7.25. The summed E-state index contributed by atoms with van der Waals surface area (Å²) >= 11 is 1.06. The molecule has 0 aliphatic rings. The van der Waals surface area contributed by atoms with Gasteiger partial charge in [-0.2, -0.15) is 0 Å². The van der Waals surface area contributed by atoms with Crippen molar-refractivity contribution in [3.63, 3.8) is 0 Å². The Labute approximate surface area is 107 Å². The van der Waals surface area contributed by atoms with Crippen LogP contribution >= 0.6 is 0 Å². The van der Waals surface area contributed by atoms with Crippen molar-refractivity contribution in [3.8, 4) is 0 Å². The second kappa shape index (κ2) is 15.2. The zero-order valence-electron chi connectivity index (χ0n) is 10.4. The summed E-state index contributed by atoms with van der Waals surface area (Å²) in [5, 5.41) is 34.3. The number of hydrogen-bond donors (Lipinski definition) is 4. The summed E-state index contributed by atoms with van der Waals surface area (Å²) in [4.78, 5) is 0. The molecule has 0 fully saturated rings. The molecule has 4 atom stereocenters. The minimum atomic E-state index is -0.375. The van der Waals surface area contributed by atoms with E-state index in [-0.39, 0.29) is 24.4 Å². The molecular weight excluding hydrogens is 251 g/mol. The van der Waals surface area contributed by atoms with Crippen LogP contribution in [0, 0.1) is 0 Å². The molecule has 0 saturated carbocycles. The first kappa shape index (κ1) is 21.5. The number of aliphatic hydroxyl groups is 4. The van der Waals surface area contributed by atoms with E-state index < -0.39 is 0 Å². The first-order valence-electron chi connectivity index (χ1n) is 5.16. The van der Waals surface area contributed by atoms with Crippen LogP contribution in [0.5, 0.6) is 0 Å². The molecule has 0 aromatic rings. The molecule has 99 valence electrons. The molecule has 5 nitrogen and oxygen atoms in total. The van der Waals surface area contributed by atoms with E-state index >= 15 is 0 Å². The molecule has 0 aliphatic heterocycles. The van der Waals surface area contributed by atoms with Crippen LogP contribution in [0.25, 0.3) is 0 Å². The second-order valence-electron chi connectivity index (χ2n) is 3.87. The molecule has 4 N–H and O–H groups in total. The Hall–Kier alpha value is 0.224. The van der Waals surface area contributed by atoms with Gasteiger partial charge in [0.15, 0.2) is 0 Å². The third kappa shape index (κ3) is 36.8. The molecule has 0 aromatic heterocycles. The molecule has 16 heavy (non-hydrogen) atoms. The van der Waals surface area contributed by atoms with Crippen molar-refractivity contribution in [2.45, 2.75) is 65.0 Å². The predicted octanol–water partition coefficient (Wildman–Crippen LogP) is 0.155. The van der Waals surface area contributed by atoms with Crippen molar-refractivity contribution in [2.24, 2.45) is 0 Å². The summed E-state index contributed by atoms with van der Waals surface area (Å²) < 4.78 is 8.19. The molecule has 6 heteroatoms. The summed E-state index contributed by atoms with van der Waals surface area (Å²) in [5.74, 6) is 0. The average Bonchev–Trinajstić information content (AvgIpc) is 2.03. The van der Waals surface area contributed by atoms with Gasteiger partial charge in [0.2, 0.25) is 0 Å². The van der Waals surface area contributed by atoms with Gasteiger partial charge in [-0.05, 0) is 40.5 Å². The van der Waals surface area contributed by atoms with E-state index in [1.807, 2.05) is 0 Å². The van der Waals surface area contributed by atoms with E-state index in [0.29, 0.717) is 12.8 Å². The van der Waals surface area contributed by atoms with Crippen LogP contribution in [0.3, 0.4) is 0 Å². The van der Waals surface area contributed by atoms with Gasteiger partial charge in [0.05, 0.1) is 24.4 Å². The van der Waals surface area contributed by atoms with Gasteiger partial charge in [0.1, 0.15) is 0 Å². The topological polar surface area (TPSA) is 98.0 Å². The predicted molar refractivity (Wildman–Crippen MR) is 56.6 cm³/mol. The molecular formula is C10H24O5V. The van der Waals surface area contributed by atoms with E-state index in [9.17, 15) is 0 Å². The number of aliphatic hydroxyl groups excluding tert-OH is 4. The van der Waals surface area contributed by atoms with E-state index in [0.717, 1.165) is 17.4 Å². The Morgan fingerprint density at radius 1 is 0.688 bits per heavy atom. The standard InChI is InChI=1S/2C5H12O2.O.V/c2*1-4(6)3-5(2)7;;/h2*4-7H,3H2,1-2H3;;. The maximum atomic E-state index is 8.56. The third-order valence-corrected chi connectivity index (χ3v) is 1.36. The van der Waals surface area contributed by atoms with Crippen LogP contribution < -0.4 is 0 Å². The normalized spacial score (nSPS) is 16.7. The summed E-state index contributed by atoms with van der Waals surface area (Å²) in [6.07, 6.45) is -0.556. The van der Waals surface area contributed by atoms with E-state index in [4.69, 9.17) is 24.1 Å². The summed E-state index contributed by atoms with van der Waals surface area (Å²) in [6.45, 7) is 6.64. The molecule has 0 amide bonds. The van der Waals surface area contributed by atoms with Crippen LogP contribution in [0.1, 0.15) is 40.5 Å². The van der Waals surface area contributed by atoms with Gasteiger partial charge >= 0.3 is 21.0 Å². The fourth-order valence-corrected chi connectivity index (χ4v) is 0.987. The molecule has 0 saturated heterocycles. The van der Waals surface area contributed by atoms with Crippen molar-refractivity contribution >= 4 is 0 Å². The molecule has 4 unspecified atom stereocenters. The van der Waals surface area contributed by atoms with Crippen LogP contribution in [-0.4, -0.2) is 44.8 Å². The third-order valence-electron chi connectivity index (χ3n) is 1.36. The van der Waals surface area contributed by atoms with E-state index in [1.165, 1.54) is 0 Å². The Bertz CT molecular complexity index is 102. The SMILES string of the molecule is CC(O)CC(C)O.CC(O)CC(C)O.[O]=[V]. The average molecular weight is 275 g/mol. The van der Waals surface area contributed by atoms with E-state index in [1.54, 1.807) is 27.7 Å². The Balaban J connectivity index is -0.000000183. The molecule has 0 rings (SSSR count). The molecule has 0 aromatic carbocycles. The Morgan fingerprint density at radius 2 is 0.812 bits per heavy atom. The van der Waals surface area contributed by atoms with Crippen LogP contribution in [0.4, 0.5) is 0 Å². The van der Waals surface area contributed by atoms with Gasteiger partial charge in [-0.1, -0.05) is 0 Å².